The number of hydrogen-bond donors (Lipinski definition) is 1. The van der Waals surface area contributed by atoms with E-state index >= 15 is 0 Å². The van der Waals surface area contributed by atoms with Gasteiger partial charge < -0.3 is 9.84 Å². The molecule has 5 nitrogen and oxygen atoms in total. The first kappa shape index (κ1) is 27.0. The maximum absolute atomic E-state index is 12.0. The van der Waals surface area contributed by atoms with Gasteiger partial charge in [-0.05, 0) is 31.0 Å². The van der Waals surface area contributed by atoms with Crippen LogP contribution in [0.3, 0.4) is 0 Å². The molecular formula is C23H31NaO5S. The molecule has 0 saturated carbocycles. The van der Waals surface area contributed by atoms with E-state index in [1.165, 1.54) is 56.7 Å². The summed E-state index contributed by atoms with van der Waals surface area (Å²) in [5, 5.41) is 12.0. The third-order valence-corrected chi connectivity index (χ3v) is 5.91. The van der Waals surface area contributed by atoms with Gasteiger partial charge in [0.25, 0.3) is 10.1 Å². The fraction of sp³-hybridized carbons (Fsp3) is 0.478. The van der Waals surface area contributed by atoms with E-state index in [0.29, 0.717) is 17.7 Å². The molecule has 0 heterocycles. The Morgan fingerprint density at radius 1 is 0.833 bits per heavy atom. The molecule has 0 fully saturated rings. The first-order chi connectivity index (χ1) is 13.9. The van der Waals surface area contributed by atoms with Crippen molar-refractivity contribution in [1.29, 1.82) is 0 Å². The largest absolute Gasteiger partial charge is 1.00 e. The summed E-state index contributed by atoms with van der Waals surface area (Å²) in [6, 6.07) is 10.7. The van der Waals surface area contributed by atoms with Gasteiger partial charge in [0, 0.05) is 5.56 Å². The maximum Gasteiger partial charge on any atom is 1.00 e. The van der Waals surface area contributed by atoms with Gasteiger partial charge in [0.15, 0.2) is 0 Å². The molecule has 2 aromatic carbocycles. The summed E-state index contributed by atoms with van der Waals surface area (Å²) >= 11 is 0. The molecule has 0 unspecified atom stereocenters. The minimum atomic E-state index is -4.38. The van der Waals surface area contributed by atoms with Crippen LogP contribution in [0.2, 0.25) is 0 Å². The molecule has 0 spiro atoms. The first-order valence-corrected chi connectivity index (χ1v) is 11.9. The zero-order valence-electron chi connectivity index (χ0n) is 18.1. The molecule has 0 radical (unpaired) electrons. The van der Waals surface area contributed by atoms with Crippen LogP contribution in [0.25, 0.3) is 0 Å². The van der Waals surface area contributed by atoms with Crippen molar-refractivity contribution in [3.8, 4) is 17.2 Å². The summed E-state index contributed by atoms with van der Waals surface area (Å²) in [6.45, 7) is 2.21. The molecule has 0 aliphatic heterocycles. The van der Waals surface area contributed by atoms with E-state index in [1.54, 1.807) is 24.3 Å². The van der Waals surface area contributed by atoms with Gasteiger partial charge in [-0.3, -0.25) is 4.55 Å². The number of ether oxygens (including phenoxy) is 1. The van der Waals surface area contributed by atoms with Crippen molar-refractivity contribution in [1.82, 2.24) is 0 Å². The quantitative estimate of drug-likeness (QED) is 0.293. The van der Waals surface area contributed by atoms with Crippen molar-refractivity contribution < 1.29 is 52.4 Å². The van der Waals surface area contributed by atoms with Gasteiger partial charge >= 0.3 is 29.6 Å². The average Bonchev–Trinajstić information content (AvgIpc) is 2.68. The van der Waals surface area contributed by atoms with Crippen molar-refractivity contribution in [2.45, 2.75) is 76.0 Å². The van der Waals surface area contributed by atoms with Gasteiger partial charge in [0.2, 0.25) is 0 Å². The second-order valence-corrected chi connectivity index (χ2v) is 8.73. The minimum absolute atomic E-state index is 0. The van der Waals surface area contributed by atoms with Gasteiger partial charge in [-0.25, -0.2) is 0 Å². The molecule has 0 aromatic heterocycles. The van der Waals surface area contributed by atoms with Crippen LogP contribution < -0.4 is 39.4 Å². The maximum atomic E-state index is 12.0. The van der Waals surface area contributed by atoms with Crippen LogP contribution in [0.15, 0.2) is 47.4 Å². The molecule has 2 rings (SSSR count). The third-order valence-electron chi connectivity index (χ3n) is 4.97. The summed E-state index contributed by atoms with van der Waals surface area (Å²) in [6.07, 6.45) is 10.8. The molecule has 30 heavy (non-hydrogen) atoms. The predicted octanol–water partition coefficient (Wildman–Crippen LogP) is 2.88. The molecule has 0 aliphatic carbocycles. The van der Waals surface area contributed by atoms with Crippen LogP contribution >= 0.6 is 0 Å². The van der Waals surface area contributed by atoms with Gasteiger partial charge in [-0.15, -0.1) is 0 Å². The van der Waals surface area contributed by atoms with Crippen molar-refractivity contribution in [3.05, 3.63) is 48.0 Å². The zero-order chi connectivity index (χ0) is 21.1. The molecular weight excluding hydrogens is 411 g/mol. The van der Waals surface area contributed by atoms with E-state index < -0.39 is 10.1 Å². The molecule has 0 saturated heterocycles. The molecule has 0 amide bonds. The van der Waals surface area contributed by atoms with Crippen LogP contribution in [-0.2, 0) is 16.5 Å². The summed E-state index contributed by atoms with van der Waals surface area (Å²) in [4.78, 5) is -0.155. The van der Waals surface area contributed by atoms with Crippen molar-refractivity contribution in [2.75, 3.05) is 0 Å². The van der Waals surface area contributed by atoms with E-state index in [2.05, 4.69) is 6.92 Å². The van der Waals surface area contributed by atoms with Gasteiger partial charge in [0.05, 0.1) is 0 Å². The van der Waals surface area contributed by atoms with Crippen LogP contribution in [-0.4, -0.2) is 13.0 Å². The van der Waals surface area contributed by atoms with E-state index in [1.807, 2.05) is 0 Å². The normalized spacial score (nSPS) is 11.1. The molecule has 160 valence electrons. The van der Waals surface area contributed by atoms with Gasteiger partial charge in [-0.1, -0.05) is 88.3 Å². The molecule has 2 aromatic rings. The SMILES string of the molecule is CCCCCCCCCCCc1c(Oc2ccccc2[O-])cccc1S(=O)(=O)O.[Na+]. The summed E-state index contributed by atoms with van der Waals surface area (Å²) in [7, 11) is -4.38. The van der Waals surface area contributed by atoms with Crippen molar-refractivity contribution in [3.63, 3.8) is 0 Å². The first-order valence-electron chi connectivity index (χ1n) is 10.5. The molecule has 0 aliphatic rings. The van der Waals surface area contributed by atoms with Gasteiger partial charge in [0.1, 0.15) is 16.4 Å². The number of unbranched alkanes of at least 4 members (excludes halogenated alkanes) is 8. The predicted molar refractivity (Wildman–Crippen MR) is 113 cm³/mol. The van der Waals surface area contributed by atoms with Crippen LogP contribution in [0.1, 0.15) is 70.3 Å². The van der Waals surface area contributed by atoms with Crippen molar-refractivity contribution in [2.24, 2.45) is 0 Å². The molecule has 7 heteroatoms. The number of benzene rings is 2. The Morgan fingerprint density at radius 3 is 2.00 bits per heavy atom. The number of para-hydroxylation sites is 2. The fourth-order valence-electron chi connectivity index (χ4n) is 3.39. The summed E-state index contributed by atoms with van der Waals surface area (Å²) in [5.74, 6) is 0.148. The Hall–Kier alpha value is -1.05. The van der Waals surface area contributed by atoms with E-state index in [-0.39, 0.29) is 46.0 Å². The Balaban J connectivity index is 0.00000450. The van der Waals surface area contributed by atoms with E-state index in [4.69, 9.17) is 4.74 Å². The Labute approximate surface area is 202 Å². The third kappa shape index (κ3) is 8.98. The number of rotatable bonds is 13. The second-order valence-electron chi connectivity index (χ2n) is 7.34. The summed E-state index contributed by atoms with van der Waals surface area (Å²) < 4.78 is 39.0. The van der Waals surface area contributed by atoms with Crippen molar-refractivity contribution >= 4 is 10.1 Å². The molecule has 0 atom stereocenters. The smallest absolute Gasteiger partial charge is 0.870 e. The number of hydrogen-bond acceptors (Lipinski definition) is 4. The van der Waals surface area contributed by atoms with Crippen LogP contribution in [0.5, 0.6) is 17.2 Å². The summed E-state index contributed by atoms with van der Waals surface area (Å²) in [5.41, 5.74) is 0.418. The second kappa shape index (κ2) is 14.1. The van der Waals surface area contributed by atoms with Crippen LogP contribution in [0.4, 0.5) is 0 Å². The van der Waals surface area contributed by atoms with Gasteiger partial charge in [-0.2, -0.15) is 8.42 Å². The standard InChI is InChI=1S/C23H32O5S.Na/c1-2-3-4-5-6-7-8-9-10-14-19-21(17-13-18-23(19)29(25,26)27)28-22-16-12-11-15-20(22)24;/h11-13,15-18,24H,2-10,14H2,1H3,(H,25,26,27);/q;+1/p-1. The average molecular weight is 443 g/mol. The van der Waals surface area contributed by atoms with Crippen LogP contribution in [0, 0.1) is 0 Å². The zero-order valence-corrected chi connectivity index (χ0v) is 20.9. The van der Waals surface area contributed by atoms with E-state index in [9.17, 15) is 18.1 Å². The van der Waals surface area contributed by atoms with E-state index in [0.717, 1.165) is 19.3 Å². The monoisotopic (exact) mass is 442 g/mol. The molecule has 1 N–H and O–H groups in total. The fourth-order valence-corrected chi connectivity index (χ4v) is 4.16. The molecule has 0 bridgehead atoms. The Kier molecular flexibility index (Phi) is 12.7. The minimum Gasteiger partial charge on any atom is -0.870 e. The topological polar surface area (TPSA) is 86.7 Å². The Bertz CT molecular complexity index is 868. The Morgan fingerprint density at radius 2 is 1.40 bits per heavy atom.